The van der Waals surface area contributed by atoms with Gasteiger partial charge in [0, 0.05) is 34.0 Å². The molecule has 5 heterocycles. The number of allylic oxidation sites excluding steroid dienone is 4. The van der Waals surface area contributed by atoms with E-state index in [0.29, 0.717) is 5.69 Å². The molecule has 0 aromatic carbocycles. The van der Waals surface area contributed by atoms with Crippen molar-refractivity contribution in [1.82, 2.24) is 19.9 Å². The van der Waals surface area contributed by atoms with E-state index in [-0.39, 0.29) is 49.6 Å². The number of aryl methyl sites for hydroxylation is 4. The molecule has 0 fully saturated rings. The van der Waals surface area contributed by atoms with E-state index in [0.717, 1.165) is 91.0 Å². The normalized spacial score (nSPS) is 13.0. The van der Waals surface area contributed by atoms with Crippen LogP contribution in [0.1, 0.15) is 98.4 Å². The SMILES string of the molecule is CCC1=C(C)c2cc3[nH]c(cc4nc(cc5[nH]c(cc1n2)c(C)c5CCC(=O)[O-])C(CCC(=O)[O-])=C4C)c(C)c3CC.[Sn+2]. The Balaban J connectivity index is 0.00000423. The fraction of sp³-hybridized carbons (Fsp3) is 0.353. The Morgan fingerprint density at radius 2 is 1.07 bits per heavy atom. The molecular weight excluding hydrogens is 647 g/mol. The minimum absolute atomic E-state index is 0. The molecule has 0 atom stereocenters. The number of aromatic amines is 2. The van der Waals surface area contributed by atoms with E-state index in [1.807, 2.05) is 32.0 Å². The second-order valence-corrected chi connectivity index (χ2v) is 11.1. The summed E-state index contributed by atoms with van der Waals surface area (Å²) in [5.74, 6) is -2.24. The van der Waals surface area contributed by atoms with Crippen LogP contribution in [0.3, 0.4) is 0 Å². The molecule has 0 unspecified atom stereocenters. The molecule has 3 aromatic rings. The van der Waals surface area contributed by atoms with Gasteiger partial charge >= 0.3 is 23.9 Å². The maximum Gasteiger partial charge on any atom is 2.00 e. The van der Waals surface area contributed by atoms with Crippen LogP contribution in [0.4, 0.5) is 0 Å². The third kappa shape index (κ3) is 6.20. The van der Waals surface area contributed by atoms with Crippen molar-refractivity contribution in [3.63, 3.8) is 0 Å². The van der Waals surface area contributed by atoms with E-state index in [1.165, 1.54) is 5.56 Å². The van der Waals surface area contributed by atoms with Gasteiger partial charge in [-0.1, -0.05) is 13.8 Å². The summed E-state index contributed by atoms with van der Waals surface area (Å²) in [5.41, 5.74) is 14.9. The van der Waals surface area contributed by atoms with Gasteiger partial charge in [0.15, 0.2) is 0 Å². The van der Waals surface area contributed by atoms with Crippen molar-refractivity contribution < 1.29 is 19.8 Å². The number of rotatable bonds is 8. The number of carboxylic acids is 2. The van der Waals surface area contributed by atoms with Crippen LogP contribution < -0.4 is 10.2 Å². The Kier molecular flexibility index (Phi) is 9.69. The largest absolute Gasteiger partial charge is 2.00 e. The van der Waals surface area contributed by atoms with Crippen molar-refractivity contribution in [2.45, 2.75) is 80.1 Å². The van der Waals surface area contributed by atoms with E-state index < -0.39 is 11.9 Å². The summed E-state index contributed by atoms with van der Waals surface area (Å²) >= 11 is 0. The summed E-state index contributed by atoms with van der Waals surface area (Å²) < 4.78 is 0. The van der Waals surface area contributed by atoms with Gasteiger partial charge in [-0.05, 0) is 135 Å². The topological polar surface area (TPSA) is 138 Å². The number of carbonyl (C=O) groups is 2. The van der Waals surface area contributed by atoms with E-state index in [4.69, 9.17) is 9.97 Å². The molecule has 3 aromatic heterocycles. The predicted molar refractivity (Wildman–Crippen MR) is 168 cm³/mol. The quantitative estimate of drug-likeness (QED) is 0.333. The summed E-state index contributed by atoms with van der Waals surface area (Å²) in [7, 11) is 0. The van der Waals surface area contributed by atoms with Gasteiger partial charge < -0.3 is 29.8 Å². The Hall–Kier alpha value is -3.66. The van der Waals surface area contributed by atoms with Crippen LogP contribution in [0, 0.1) is 13.8 Å². The molecule has 0 saturated carbocycles. The van der Waals surface area contributed by atoms with Gasteiger partial charge in [-0.15, -0.1) is 0 Å². The number of carbonyl (C=O) groups excluding carboxylic acids is 2. The number of fused-ring (bicyclic) bond motifs is 8. The molecule has 2 aliphatic rings. The zero-order valence-corrected chi connectivity index (χ0v) is 28.4. The average Bonchev–Trinajstić information content (AvgIpc) is 3.59. The molecule has 2 N–H and O–H groups in total. The van der Waals surface area contributed by atoms with E-state index in [1.54, 1.807) is 0 Å². The molecule has 2 aliphatic heterocycles. The number of hydrogen-bond donors (Lipinski definition) is 2. The predicted octanol–water partition coefficient (Wildman–Crippen LogP) is 4.60. The van der Waals surface area contributed by atoms with Crippen LogP contribution in [-0.2, 0) is 22.4 Å². The van der Waals surface area contributed by atoms with Gasteiger partial charge in [0.2, 0.25) is 0 Å². The molecule has 0 amide bonds. The fourth-order valence-corrected chi connectivity index (χ4v) is 6.21. The molecule has 0 saturated heterocycles. The number of hydrogen-bond acceptors (Lipinski definition) is 6. The molecule has 8 bridgehead atoms. The van der Waals surface area contributed by atoms with Crippen molar-refractivity contribution in [2.24, 2.45) is 0 Å². The van der Waals surface area contributed by atoms with Crippen molar-refractivity contribution in [3.05, 3.63) is 69.3 Å². The van der Waals surface area contributed by atoms with Crippen molar-refractivity contribution >= 4 is 80.2 Å². The summed E-state index contributed by atoms with van der Waals surface area (Å²) in [5, 5.41) is 22.8. The van der Waals surface area contributed by atoms with Gasteiger partial charge in [0.1, 0.15) is 0 Å². The molecule has 9 heteroatoms. The standard InChI is InChI=1S/C34H38N4O4.Sn/c1-7-21-17(3)25-13-26-19(5)23(9-11-33(39)40)31(37-26)16-32-24(10-12-34(41)42)20(6)28(38-32)15-30-22(8-2)18(4)27(36-30)14-29(21)35-25;/h13-16,35,38H,7-12H2,1-6H3,(H,39,40)(H,41,42);/q;+2/p-2. The Morgan fingerprint density at radius 1 is 0.628 bits per heavy atom. The summed E-state index contributed by atoms with van der Waals surface area (Å²) in [4.78, 5) is 40.0. The number of aliphatic carboxylic acids is 2. The molecule has 220 valence electrons. The van der Waals surface area contributed by atoms with Crippen molar-refractivity contribution in [2.75, 3.05) is 0 Å². The number of aromatic nitrogens is 4. The second kappa shape index (κ2) is 12.9. The first-order chi connectivity index (χ1) is 20.0. The third-order valence-electron chi connectivity index (χ3n) is 8.67. The Bertz CT molecular complexity index is 1860. The molecule has 2 radical (unpaired) electrons. The first-order valence-corrected chi connectivity index (χ1v) is 14.6. The number of nitrogens with one attached hydrogen (secondary N) is 2. The zero-order valence-electron chi connectivity index (χ0n) is 25.6. The number of nitrogens with zero attached hydrogens (tertiary/aromatic N) is 2. The van der Waals surface area contributed by atoms with Crippen LogP contribution in [0.2, 0.25) is 0 Å². The maximum absolute atomic E-state index is 11.4. The maximum atomic E-state index is 11.4. The second-order valence-electron chi connectivity index (χ2n) is 11.1. The van der Waals surface area contributed by atoms with Crippen LogP contribution in [-0.4, -0.2) is 55.8 Å². The zero-order chi connectivity index (χ0) is 30.3. The van der Waals surface area contributed by atoms with Crippen LogP contribution in [0.25, 0.3) is 44.4 Å². The van der Waals surface area contributed by atoms with Gasteiger partial charge in [0.05, 0.1) is 22.8 Å². The molecule has 5 rings (SSSR count). The van der Waals surface area contributed by atoms with Crippen LogP contribution in [0.15, 0.2) is 24.3 Å². The average molecular weight is 683 g/mol. The van der Waals surface area contributed by atoms with E-state index >= 15 is 0 Å². The molecule has 0 aliphatic carbocycles. The van der Waals surface area contributed by atoms with Gasteiger partial charge in [-0.3, -0.25) is 0 Å². The van der Waals surface area contributed by atoms with Gasteiger partial charge in [-0.25, -0.2) is 9.97 Å². The Morgan fingerprint density at radius 3 is 1.63 bits per heavy atom. The minimum atomic E-state index is -1.12. The van der Waals surface area contributed by atoms with Gasteiger partial charge in [-0.2, -0.15) is 0 Å². The molecule has 8 nitrogen and oxygen atoms in total. The van der Waals surface area contributed by atoms with Crippen molar-refractivity contribution in [1.29, 1.82) is 0 Å². The van der Waals surface area contributed by atoms with E-state index in [2.05, 4.69) is 43.7 Å². The third-order valence-corrected chi connectivity index (χ3v) is 8.67. The first-order valence-electron chi connectivity index (χ1n) is 14.6. The smallest absolute Gasteiger partial charge is 0.550 e. The van der Waals surface area contributed by atoms with Crippen LogP contribution >= 0.6 is 0 Å². The summed E-state index contributed by atoms with van der Waals surface area (Å²) in [6.45, 7) is 12.4. The van der Waals surface area contributed by atoms with E-state index in [9.17, 15) is 19.8 Å². The summed E-state index contributed by atoms with van der Waals surface area (Å²) in [6, 6.07) is 8.09. The van der Waals surface area contributed by atoms with Gasteiger partial charge in [0.25, 0.3) is 0 Å². The van der Waals surface area contributed by atoms with Crippen molar-refractivity contribution in [3.8, 4) is 0 Å². The number of H-pyrrole nitrogens is 2. The Labute approximate surface area is 268 Å². The molecule has 43 heavy (non-hydrogen) atoms. The van der Waals surface area contributed by atoms with Crippen LogP contribution in [0.5, 0.6) is 0 Å². The fourth-order valence-electron chi connectivity index (χ4n) is 6.21. The minimum Gasteiger partial charge on any atom is -0.550 e. The molecule has 0 spiro atoms. The molecular formula is C34H36N4O4Sn. The first kappa shape index (κ1) is 32.3. The summed E-state index contributed by atoms with van der Waals surface area (Å²) in [6.07, 6.45) is 1.98. The number of carboxylic acid groups (broad SMARTS) is 2. The monoisotopic (exact) mass is 684 g/mol.